The highest BCUT2D eigenvalue weighted by atomic mass is 79.9. The van der Waals surface area contributed by atoms with Crippen molar-refractivity contribution in [2.75, 3.05) is 6.54 Å². The second kappa shape index (κ2) is 2.17. The first-order valence-corrected chi connectivity index (χ1v) is 2.88. The molecule has 4 heteroatoms. The minimum absolute atomic E-state index is 0.00405. The lowest BCUT2D eigenvalue weighted by molar-refractivity contribution is -0.120. The summed E-state index contributed by atoms with van der Waals surface area (Å²) in [4.78, 5) is 10.4. The van der Waals surface area contributed by atoms with E-state index in [9.17, 15) is 4.79 Å². The lowest BCUT2D eigenvalue weighted by Crippen LogP contribution is -2.31. The molecule has 8 heavy (non-hydrogen) atoms. The first kappa shape index (κ1) is 5.62. The summed E-state index contributed by atoms with van der Waals surface area (Å²) < 4.78 is 1.63. The molecule has 1 amide bonds. The molecule has 0 radical (unpaired) electrons. The summed E-state index contributed by atoms with van der Waals surface area (Å²) in [5, 5.41) is 2.52. The summed E-state index contributed by atoms with van der Waals surface area (Å²) in [6, 6.07) is 0. The number of halogens is 1. The first-order chi connectivity index (χ1) is 3.79. The number of hydrogen-bond acceptors (Lipinski definition) is 2. The van der Waals surface area contributed by atoms with Crippen molar-refractivity contribution in [1.82, 2.24) is 9.24 Å². The Morgan fingerprint density at radius 2 is 2.62 bits per heavy atom. The van der Waals surface area contributed by atoms with Gasteiger partial charge < -0.3 is 9.24 Å². The van der Waals surface area contributed by atoms with Gasteiger partial charge in [-0.2, -0.15) is 0 Å². The van der Waals surface area contributed by atoms with Crippen LogP contribution in [0.5, 0.6) is 0 Å². The molecule has 0 fully saturated rings. The Balaban J connectivity index is 2.54. The second-order valence-electron chi connectivity index (χ2n) is 1.44. The summed E-state index contributed by atoms with van der Waals surface area (Å²) in [6.45, 7) is 0.385. The summed E-state index contributed by atoms with van der Waals surface area (Å²) in [5.41, 5.74) is 0. The molecule has 0 bridgehead atoms. The zero-order valence-corrected chi connectivity index (χ0v) is 5.68. The number of carbonyl (C=O) groups is 1. The third-order valence-corrected chi connectivity index (χ3v) is 1.26. The molecule has 1 aliphatic heterocycles. The standard InChI is InChI=1S/C4H5BrN2O/c5-7-2-1-6-4(8)3-7/h1-2H,3H2,(H,6,8). The lowest BCUT2D eigenvalue weighted by Gasteiger charge is -2.13. The van der Waals surface area contributed by atoms with Crippen molar-refractivity contribution in [2.24, 2.45) is 0 Å². The number of nitrogens with zero attached hydrogens (tertiary/aromatic N) is 1. The van der Waals surface area contributed by atoms with Crippen LogP contribution in [0.15, 0.2) is 12.4 Å². The predicted molar refractivity (Wildman–Crippen MR) is 32.9 cm³/mol. The predicted octanol–water partition coefficient (Wildman–Crippen LogP) is 0.199. The Kier molecular flexibility index (Phi) is 1.53. The van der Waals surface area contributed by atoms with Gasteiger partial charge in [-0.05, 0) is 0 Å². The van der Waals surface area contributed by atoms with E-state index in [0.717, 1.165) is 0 Å². The van der Waals surface area contributed by atoms with Gasteiger partial charge in [0, 0.05) is 28.5 Å². The number of nitrogens with one attached hydrogen (secondary N) is 1. The average Bonchev–Trinajstić information content (AvgIpc) is 1.64. The van der Waals surface area contributed by atoms with Crippen molar-refractivity contribution in [1.29, 1.82) is 0 Å². The zero-order valence-electron chi connectivity index (χ0n) is 4.10. The van der Waals surface area contributed by atoms with Gasteiger partial charge in [0.15, 0.2) is 0 Å². The summed E-state index contributed by atoms with van der Waals surface area (Å²) in [6.07, 6.45) is 3.32. The number of carbonyl (C=O) groups excluding carboxylic acids is 1. The van der Waals surface area contributed by atoms with E-state index >= 15 is 0 Å². The fraction of sp³-hybridized carbons (Fsp3) is 0.250. The summed E-state index contributed by atoms with van der Waals surface area (Å²) in [7, 11) is 0. The van der Waals surface area contributed by atoms with E-state index in [4.69, 9.17) is 0 Å². The van der Waals surface area contributed by atoms with Crippen LogP contribution in [0.1, 0.15) is 0 Å². The van der Waals surface area contributed by atoms with Gasteiger partial charge in [-0.25, -0.2) is 0 Å². The van der Waals surface area contributed by atoms with Crippen LogP contribution in [-0.2, 0) is 4.79 Å². The number of hydrogen-bond donors (Lipinski definition) is 1. The molecule has 0 saturated heterocycles. The van der Waals surface area contributed by atoms with E-state index in [2.05, 4.69) is 21.5 Å². The highest BCUT2D eigenvalue weighted by molar-refractivity contribution is 9.07. The number of rotatable bonds is 0. The molecule has 0 unspecified atom stereocenters. The van der Waals surface area contributed by atoms with Crippen molar-refractivity contribution in [3.8, 4) is 0 Å². The van der Waals surface area contributed by atoms with Gasteiger partial charge >= 0.3 is 0 Å². The van der Waals surface area contributed by atoms with Gasteiger partial charge in [0.25, 0.3) is 0 Å². The third kappa shape index (κ3) is 1.23. The SMILES string of the molecule is O=C1CN(Br)C=CN1. The van der Waals surface area contributed by atoms with Crippen LogP contribution in [0, 0.1) is 0 Å². The van der Waals surface area contributed by atoms with E-state index in [-0.39, 0.29) is 5.91 Å². The van der Waals surface area contributed by atoms with Gasteiger partial charge in [0.1, 0.15) is 6.54 Å². The third-order valence-electron chi connectivity index (χ3n) is 0.775. The smallest absolute Gasteiger partial charge is 0.244 e. The molecule has 0 aromatic carbocycles. The van der Waals surface area contributed by atoms with E-state index in [1.807, 2.05) is 0 Å². The fourth-order valence-electron chi connectivity index (χ4n) is 0.447. The molecule has 0 aromatic heterocycles. The summed E-state index contributed by atoms with van der Waals surface area (Å²) >= 11 is 3.11. The first-order valence-electron chi connectivity index (χ1n) is 2.17. The van der Waals surface area contributed by atoms with E-state index in [1.54, 1.807) is 16.3 Å². The average molecular weight is 177 g/mol. The topological polar surface area (TPSA) is 32.3 Å². The van der Waals surface area contributed by atoms with Crippen molar-refractivity contribution >= 4 is 22.1 Å². The Labute approximate surface area is 55.7 Å². The van der Waals surface area contributed by atoms with Gasteiger partial charge in [0.2, 0.25) is 5.91 Å². The maximum Gasteiger partial charge on any atom is 0.244 e. The van der Waals surface area contributed by atoms with Gasteiger partial charge in [-0.3, -0.25) is 4.79 Å². The molecule has 0 spiro atoms. The lowest BCUT2D eigenvalue weighted by atomic mass is 10.5. The molecule has 1 N–H and O–H groups in total. The van der Waals surface area contributed by atoms with Crippen molar-refractivity contribution in [2.45, 2.75) is 0 Å². The normalized spacial score (nSPS) is 18.6. The minimum atomic E-state index is 0.00405. The van der Waals surface area contributed by atoms with E-state index < -0.39 is 0 Å². The van der Waals surface area contributed by atoms with Gasteiger partial charge in [-0.15, -0.1) is 0 Å². The van der Waals surface area contributed by atoms with Crippen LogP contribution in [-0.4, -0.2) is 16.4 Å². The van der Waals surface area contributed by atoms with Crippen LogP contribution in [0.2, 0.25) is 0 Å². The Bertz CT molecular complexity index is 134. The molecule has 1 rings (SSSR count). The number of amides is 1. The quantitative estimate of drug-likeness (QED) is 0.536. The molecular formula is C4H5BrN2O. The zero-order chi connectivity index (χ0) is 5.98. The Morgan fingerprint density at radius 3 is 3.00 bits per heavy atom. The van der Waals surface area contributed by atoms with Crippen LogP contribution >= 0.6 is 16.1 Å². The maximum atomic E-state index is 10.4. The van der Waals surface area contributed by atoms with Gasteiger partial charge in [0.05, 0.1) is 0 Å². The highest BCUT2D eigenvalue weighted by Gasteiger charge is 2.05. The van der Waals surface area contributed by atoms with Crippen molar-refractivity contribution in [3.63, 3.8) is 0 Å². The molecule has 0 aromatic rings. The van der Waals surface area contributed by atoms with Crippen molar-refractivity contribution in [3.05, 3.63) is 12.4 Å². The molecule has 0 atom stereocenters. The minimum Gasteiger partial charge on any atom is -0.330 e. The van der Waals surface area contributed by atoms with Gasteiger partial charge in [-0.1, -0.05) is 0 Å². The van der Waals surface area contributed by atoms with Crippen molar-refractivity contribution < 1.29 is 4.79 Å². The monoisotopic (exact) mass is 176 g/mol. The summed E-state index contributed by atoms with van der Waals surface area (Å²) in [5.74, 6) is 0.00405. The molecule has 3 nitrogen and oxygen atoms in total. The van der Waals surface area contributed by atoms with E-state index in [1.165, 1.54) is 0 Å². The van der Waals surface area contributed by atoms with E-state index in [0.29, 0.717) is 6.54 Å². The molecule has 0 saturated carbocycles. The maximum absolute atomic E-state index is 10.4. The fourth-order valence-corrected chi connectivity index (χ4v) is 0.793. The Morgan fingerprint density at radius 1 is 1.88 bits per heavy atom. The van der Waals surface area contributed by atoms with Crippen LogP contribution in [0.25, 0.3) is 0 Å². The Hall–Kier alpha value is -0.510. The molecule has 1 heterocycles. The molecule has 1 aliphatic rings. The molecular weight excluding hydrogens is 172 g/mol. The van der Waals surface area contributed by atoms with Crippen LogP contribution in [0.3, 0.4) is 0 Å². The molecule has 44 valence electrons. The van der Waals surface area contributed by atoms with Crippen LogP contribution < -0.4 is 5.32 Å². The molecule has 0 aliphatic carbocycles. The highest BCUT2D eigenvalue weighted by Crippen LogP contribution is 1.99. The van der Waals surface area contributed by atoms with Crippen LogP contribution in [0.4, 0.5) is 0 Å². The largest absolute Gasteiger partial charge is 0.330 e. The second-order valence-corrected chi connectivity index (χ2v) is 2.35.